The van der Waals surface area contributed by atoms with Crippen LogP contribution < -0.4 is 9.64 Å². The van der Waals surface area contributed by atoms with Crippen LogP contribution in [0.3, 0.4) is 0 Å². The molecule has 1 unspecified atom stereocenters. The minimum Gasteiger partial charge on any atom is -0.487 e. The number of rotatable bonds is 5. The molecule has 1 aromatic rings. The van der Waals surface area contributed by atoms with Crippen molar-refractivity contribution in [3.05, 3.63) is 28.3 Å². The molecule has 7 nitrogen and oxygen atoms in total. The first-order valence-corrected chi connectivity index (χ1v) is 6.92. The van der Waals surface area contributed by atoms with Crippen molar-refractivity contribution in [1.82, 2.24) is 0 Å². The van der Waals surface area contributed by atoms with Crippen LogP contribution in [0.5, 0.6) is 5.75 Å². The number of ether oxygens (including phenoxy) is 1. The van der Waals surface area contributed by atoms with E-state index < -0.39 is 16.8 Å². The predicted molar refractivity (Wildman–Crippen MR) is 76.8 cm³/mol. The third-order valence-corrected chi connectivity index (χ3v) is 3.58. The molecule has 1 aliphatic heterocycles. The van der Waals surface area contributed by atoms with Gasteiger partial charge in [-0.3, -0.25) is 14.9 Å². The molecule has 2 rings (SSSR count). The molecule has 0 aliphatic carbocycles. The lowest BCUT2D eigenvalue weighted by molar-refractivity contribution is -0.385. The van der Waals surface area contributed by atoms with Crippen molar-refractivity contribution < 1.29 is 19.6 Å². The molecule has 0 spiro atoms. The summed E-state index contributed by atoms with van der Waals surface area (Å²) in [7, 11) is 0. The Bertz CT molecular complexity index is 546. The van der Waals surface area contributed by atoms with Crippen LogP contribution in [0.2, 0.25) is 0 Å². The Morgan fingerprint density at radius 1 is 1.57 bits per heavy atom. The zero-order valence-electron chi connectivity index (χ0n) is 11.8. The first kappa shape index (κ1) is 15.1. The van der Waals surface area contributed by atoms with Crippen LogP contribution >= 0.6 is 0 Å². The SMILES string of the molecule is CCOc1cc(N2CCCC(C(=O)O)C2)ccc1[N+](=O)[O-]. The Kier molecular flexibility index (Phi) is 4.62. The van der Waals surface area contributed by atoms with E-state index in [0.29, 0.717) is 19.6 Å². The highest BCUT2D eigenvalue weighted by Crippen LogP contribution is 2.33. The summed E-state index contributed by atoms with van der Waals surface area (Å²) in [5, 5.41) is 20.1. The van der Waals surface area contributed by atoms with Crippen molar-refractivity contribution in [3.63, 3.8) is 0 Å². The van der Waals surface area contributed by atoms with Crippen LogP contribution in [-0.4, -0.2) is 35.7 Å². The normalized spacial score (nSPS) is 18.3. The van der Waals surface area contributed by atoms with Gasteiger partial charge in [-0.25, -0.2) is 0 Å². The van der Waals surface area contributed by atoms with Gasteiger partial charge in [0.1, 0.15) is 0 Å². The fourth-order valence-electron chi connectivity index (χ4n) is 2.53. The average Bonchev–Trinajstić information content (AvgIpc) is 2.47. The Morgan fingerprint density at radius 2 is 2.33 bits per heavy atom. The lowest BCUT2D eigenvalue weighted by Crippen LogP contribution is -2.38. The second kappa shape index (κ2) is 6.43. The number of piperidine rings is 1. The van der Waals surface area contributed by atoms with Gasteiger partial charge in [-0.1, -0.05) is 0 Å². The molecular formula is C14H18N2O5. The van der Waals surface area contributed by atoms with Crippen LogP contribution in [0.15, 0.2) is 18.2 Å². The molecule has 21 heavy (non-hydrogen) atoms. The fraction of sp³-hybridized carbons (Fsp3) is 0.500. The number of nitro benzene ring substituents is 1. The fourth-order valence-corrected chi connectivity index (χ4v) is 2.53. The van der Waals surface area contributed by atoms with E-state index in [-0.39, 0.29) is 11.4 Å². The summed E-state index contributed by atoms with van der Waals surface area (Å²) >= 11 is 0. The Labute approximate surface area is 122 Å². The lowest BCUT2D eigenvalue weighted by atomic mass is 9.98. The van der Waals surface area contributed by atoms with E-state index in [1.54, 1.807) is 19.1 Å². The number of nitro groups is 1. The molecule has 7 heteroatoms. The van der Waals surface area contributed by atoms with Crippen LogP contribution in [0, 0.1) is 16.0 Å². The minimum absolute atomic E-state index is 0.0765. The van der Waals surface area contributed by atoms with E-state index in [2.05, 4.69) is 0 Å². The molecular weight excluding hydrogens is 276 g/mol. The summed E-state index contributed by atoms with van der Waals surface area (Å²) in [5.74, 6) is -0.978. The van der Waals surface area contributed by atoms with Crippen LogP contribution in [0.1, 0.15) is 19.8 Å². The van der Waals surface area contributed by atoms with Crippen molar-refractivity contribution >= 4 is 17.3 Å². The van der Waals surface area contributed by atoms with E-state index in [4.69, 9.17) is 9.84 Å². The Hall–Kier alpha value is -2.31. The second-order valence-corrected chi connectivity index (χ2v) is 4.97. The first-order chi connectivity index (χ1) is 10.0. The monoisotopic (exact) mass is 294 g/mol. The molecule has 1 heterocycles. The molecule has 0 amide bonds. The van der Waals surface area contributed by atoms with Crippen molar-refractivity contribution in [2.45, 2.75) is 19.8 Å². The third-order valence-electron chi connectivity index (χ3n) is 3.58. The summed E-state index contributed by atoms with van der Waals surface area (Å²) in [5.41, 5.74) is 0.683. The maximum Gasteiger partial charge on any atom is 0.311 e. The van der Waals surface area contributed by atoms with Gasteiger partial charge in [-0.05, 0) is 25.8 Å². The molecule has 0 radical (unpaired) electrons. The molecule has 1 aliphatic rings. The maximum absolute atomic E-state index is 11.1. The molecule has 0 aromatic heterocycles. The van der Waals surface area contributed by atoms with E-state index in [1.165, 1.54) is 6.07 Å². The summed E-state index contributed by atoms with van der Waals surface area (Å²) < 4.78 is 5.32. The van der Waals surface area contributed by atoms with Crippen molar-refractivity contribution in [1.29, 1.82) is 0 Å². The lowest BCUT2D eigenvalue weighted by Gasteiger charge is -2.32. The van der Waals surface area contributed by atoms with E-state index in [0.717, 1.165) is 18.7 Å². The molecule has 1 aromatic carbocycles. The zero-order chi connectivity index (χ0) is 15.4. The van der Waals surface area contributed by atoms with Crippen molar-refractivity contribution in [3.8, 4) is 5.75 Å². The van der Waals surface area contributed by atoms with Crippen molar-refractivity contribution in [2.24, 2.45) is 5.92 Å². The molecule has 1 atom stereocenters. The highest BCUT2D eigenvalue weighted by Gasteiger charge is 2.26. The van der Waals surface area contributed by atoms with Gasteiger partial charge in [0.05, 0.1) is 17.4 Å². The number of aliphatic carboxylic acids is 1. The number of hydrogen-bond acceptors (Lipinski definition) is 5. The summed E-state index contributed by atoms with van der Waals surface area (Å²) in [6.45, 7) is 3.26. The van der Waals surface area contributed by atoms with E-state index >= 15 is 0 Å². The van der Waals surface area contributed by atoms with E-state index in [9.17, 15) is 14.9 Å². The van der Waals surface area contributed by atoms with Gasteiger partial charge in [0.2, 0.25) is 0 Å². The number of anilines is 1. The topological polar surface area (TPSA) is 92.9 Å². The minimum atomic E-state index is -0.799. The highest BCUT2D eigenvalue weighted by molar-refractivity contribution is 5.71. The molecule has 0 saturated carbocycles. The van der Waals surface area contributed by atoms with Crippen LogP contribution in [-0.2, 0) is 4.79 Å². The quantitative estimate of drug-likeness (QED) is 0.661. The van der Waals surface area contributed by atoms with Crippen LogP contribution in [0.4, 0.5) is 11.4 Å². The van der Waals surface area contributed by atoms with Gasteiger partial charge in [0.15, 0.2) is 5.75 Å². The molecule has 1 N–H and O–H groups in total. The molecule has 0 bridgehead atoms. The van der Waals surface area contributed by atoms with Gasteiger partial charge in [-0.2, -0.15) is 0 Å². The Morgan fingerprint density at radius 3 is 2.95 bits per heavy atom. The first-order valence-electron chi connectivity index (χ1n) is 6.92. The van der Waals surface area contributed by atoms with Crippen LogP contribution in [0.25, 0.3) is 0 Å². The summed E-state index contributed by atoms with van der Waals surface area (Å²) in [4.78, 5) is 23.5. The highest BCUT2D eigenvalue weighted by atomic mass is 16.6. The smallest absolute Gasteiger partial charge is 0.311 e. The van der Waals surface area contributed by atoms with Gasteiger partial charge in [-0.15, -0.1) is 0 Å². The summed E-state index contributed by atoms with van der Waals surface area (Å²) in [6, 6.07) is 4.67. The third kappa shape index (κ3) is 3.42. The zero-order valence-corrected chi connectivity index (χ0v) is 11.8. The Balaban J connectivity index is 2.25. The number of carboxylic acid groups (broad SMARTS) is 1. The van der Waals surface area contributed by atoms with Gasteiger partial charge in [0.25, 0.3) is 0 Å². The van der Waals surface area contributed by atoms with Crippen molar-refractivity contribution in [2.75, 3.05) is 24.6 Å². The summed E-state index contributed by atoms with van der Waals surface area (Å²) in [6.07, 6.45) is 1.45. The largest absolute Gasteiger partial charge is 0.487 e. The molecule has 1 saturated heterocycles. The van der Waals surface area contributed by atoms with Gasteiger partial charge < -0.3 is 14.7 Å². The maximum atomic E-state index is 11.1. The number of carbonyl (C=O) groups is 1. The van der Waals surface area contributed by atoms with Gasteiger partial charge in [0, 0.05) is 30.9 Å². The number of benzene rings is 1. The number of nitrogens with zero attached hydrogens (tertiary/aromatic N) is 2. The van der Waals surface area contributed by atoms with Gasteiger partial charge >= 0.3 is 11.7 Å². The van der Waals surface area contributed by atoms with E-state index in [1.807, 2.05) is 4.90 Å². The number of hydrogen-bond donors (Lipinski definition) is 1. The number of carboxylic acids is 1. The second-order valence-electron chi connectivity index (χ2n) is 4.97. The average molecular weight is 294 g/mol. The molecule has 1 fully saturated rings. The molecule has 114 valence electrons. The predicted octanol–water partition coefficient (Wildman–Crippen LogP) is 2.29. The standard InChI is InChI=1S/C14H18N2O5/c1-2-21-13-8-11(5-6-12(13)16(19)20)15-7-3-4-10(9-15)14(17)18/h5-6,8,10H,2-4,7,9H2,1H3,(H,17,18).